The van der Waals surface area contributed by atoms with Gasteiger partial charge in [0.25, 0.3) is 0 Å². The monoisotopic (exact) mass is 418 g/mol. The average molecular weight is 419 g/mol. The van der Waals surface area contributed by atoms with Gasteiger partial charge in [0, 0.05) is 26.1 Å². The molecule has 1 aromatic heterocycles. The van der Waals surface area contributed by atoms with Crippen molar-refractivity contribution in [1.82, 2.24) is 4.98 Å². The fourth-order valence-corrected chi connectivity index (χ4v) is 3.66. The molecule has 0 unspecified atom stereocenters. The van der Waals surface area contributed by atoms with Gasteiger partial charge in [-0.25, -0.2) is 9.37 Å². The van der Waals surface area contributed by atoms with E-state index >= 15 is 0 Å². The van der Waals surface area contributed by atoms with Gasteiger partial charge in [-0.05, 0) is 54.7 Å². The number of carbonyl (C=O) groups excluding carboxylic acids is 1. The minimum absolute atomic E-state index is 0.00143. The first-order valence-corrected chi connectivity index (χ1v) is 10.6. The molecule has 0 bridgehead atoms. The van der Waals surface area contributed by atoms with E-state index in [0.29, 0.717) is 18.1 Å². The van der Waals surface area contributed by atoms with E-state index in [9.17, 15) is 9.18 Å². The predicted octanol–water partition coefficient (Wildman–Crippen LogP) is 5.03. The Bertz CT molecular complexity index is 1040. The predicted molar refractivity (Wildman–Crippen MR) is 123 cm³/mol. The van der Waals surface area contributed by atoms with Gasteiger partial charge in [0.1, 0.15) is 11.6 Å². The molecule has 3 aromatic rings. The third-order valence-corrected chi connectivity index (χ3v) is 5.71. The Morgan fingerprint density at radius 3 is 2.55 bits per heavy atom. The van der Waals surface area contributed by atoms with Crippen LogP contribution in [0.25, 0.3) is 0 Å². The third-order valence-electron chi connectivity index (χ3n) is 5.71. The largest absolute Gasteiger partial charge is 0.366 e. The zero-order valence-electron chi connectivity index (χ0n) is 17.8. The van der Waals surface area contributed by atoms with Gasteiger partial charge < -0.3 is 15.5 Å². The van der Waals surface area contributed by atoms with E-state index in [1.165, 1.54) is 17.7 Å². The summed E-state index contributed by atoms with van der Waals surface area (Å²) in [4.78, 5) is 19.6. The highest BCUT2D eigenvalue weighted by atomic mass is 19.1. The molecule has 1 saturated carbocycles. The smallest absolute Gasteiger partial charge is 0.228 e. The van der Waals surface area contributed by atoms with Crippen molar-refractivity contribution < 1.29 is 9.18 Å². The van der Waals surface area contributed by atoms with E-state index in [4.69, 9.17) is 4.98 Å². The molecule has 0 saturated heterocycles. The molecule has 160 valence electrons. The number of hydrogen-bond donors (Lipinski definition) is 2. The van der Waals surface area contributed by atoms with Crippen LogP contribution in [0.5, 0.6) is 0 Å². The lowest BCUT2D eigenvalue weighted by Gasteiger charge is -2.21. The maximum Gasteiger partial charge on any atom is 0.228 e. The highest BCUT2D eigenvalue weighted by Crippen LogP contribution is 2.48. The molecule has 2 atom stereocenters. The molecule has 6 heteroatoms. The molecule has 1 fully saturated rings. The van der Waals surface area contributed by atoms with Gasteiger partial charge >= 0.3 is 0 Å². The fourth-order valence-electron chi connectivity index (χ4n) is 3.66. The first kappa shape index (κ1) is 20.8. The minimum atomic E-state index is -0.251. The van der Waals surface area contributed by atoms with Gasteiger partial charge in [0.2, 0.25) is 5.91 Å². The molecule has 0 spiro atoms. The summed E-state index contributed by atoms with van der Waals surface area (Å²) in [6, 6.07) is 20.3. The summed E-state index contributed by atoms with van der Waals surface area (Å²) in [5, 5.41) is 6.35. The van der Waals surface area contributed by atoms with Gasteiger partial charge in [-0.15, -0.1) is 0 Å². The fraction of sp³-hybridized carbons (Fsp3) is 0.280. The van der Waals surface area contributed by atoms with Crippen LogP contribution in [0.1, 0.15) is 30.4 Å². The summed E-state index contributed by atoms with van der Waals surface area (Å²) < 4.78 is 13.1. The molecule has 1 aliphatic carbocycles. The van der Waals surface area contributed by atoms with Crippen LogP contribution in [0.3, 0.4) is 0 Å². The van der Waals surface area contributed by atoms with E-state index in [-0.39, 0.29) is 23.6 Å². The number of nitrogens with zero attached hydrogens (tertiary/aromatic N) is 2. The molecule has 31 heavy (non-hydrogen) atoms. The Morgan fingerprint density at radius 1 is 1.10 bits per heavy atom. The lowest BCUT2D eigenvalue weighted by molar-refractivity contribution is -0.117. The summed E-state index contributed by atoms with van der Waals surface area (Å²) in [6.07, 6.45) is 0.875. The molecule has 5 nitrogen and oxygen atoms in total. The molecule has 1 aliphatic rings. The zero-order chi connectivity index (χ0) is 21.8. The quantitative estimate of drug-likeness (QED) is 0.539. The molecule has 1 amide bonds. The standard InChI is InChI=1S/C25H27FN4O/c1-3-30(2)24-22(28-25(31)21-15-20(21)18-7-5-4-6-8-18)13-14-23(29-24)27-16-17-9-11-19(26)12-10-17/h4-14,20-21H,3,15-16H2,1-2H3,(H,27,29)(H,28,31)/t20-,21+/m0/s1. The van der Waals surface area contributed by atoms with Crippen LogP contribution < -0.4 is 15.5 Å². The van der Waals surface area contributed by atoms with Crippen molar-refractivity contribution in [3.63, 3.8) is 0 Å². The maximum atomic E-state index is 13.1. The van der Waals surface area contributed by atoms with Gasteiger partial charge in [-0.3, -0.25) is 4.79 Å². The number of halogens is 1. The van der Waals surface area contributed by atoms with Crippen LogP contribution in [-0.4, -0.2) is 24.5 Å². The first-order valence-electron chi connectivity index (χ1n) is 10.6. The van der Waals surface area contributed by atoms with E-state index in [1.54, 1.807) is 12.1 Å². The Hall–Kier alpha value is -3.41. The van der Waals surface area contributed by atoms with E-state index in [0.717, 1.165) is 24.3 Å². The van der Waals surface area contributed by atoms with Crippen molar-refractivity contribution >= 4 is 23.2 Å². The summed E-state index contributed by atoms with van der Waals surface area (Å²) >= 11 is 0. The number of benzene rings is 2. The topological polar surface area (TPSA) is 57.3 Å². The van der Waals surface area contributed by atoms with E-state index in [1.807, 2.05) is 49.2 Å². The SMILES string of the molecule is CCN(C)c1nc(NCc2ccc(F)cc2)ccc1NC(=O)[C@@H]1C[C@H]1c1ccccc1. The number of pyridine rings is 1. The lowest BCUT2D eigenvalue weighted by atomic mass is 10.1. The Labute approximate surface area is 182 Å². The molecular weight excluding hydrogens is 391 g/mol. The average Bonchev–Trinajstić information content (AvgIpc) is 3.61. The van der Waals surface area contributed by atoms with Crippen molar-refractivity contribution in [2.45, 2.75) is 25.8 Å². The number of carbonyl (C=O) groups is 1. The van der Waals surface area contributed by atoms with Crippen molar-refractivity contribution in [2.75, 3.05) is 29.1 Å². The van der Waals surface area contributed by atoms with Gasteiger partial charge in [-0.2, -0.15) is 0 Å². The highest BCUT2D eigenvalue weighted by Gasteiger charge is 2.44. The molecule has 0 radical (unpaired) electrons. The number of amides is 1. The summed E-state index contributed by atoms with van der Waals surface area (Å²) in [6.45, 7) is 3.33. The number of aromatic nitrogens is 1. The van der Waals surface area contributed by atoms with Crippen LogP contribution in [0, 0.1) is 11.7 Å². The summed E-state index contributed by atoms with van der Waals surface area (Å²) in [7, 11) is 1.95. The summed E-state index contributed by atoms with van der Waals surface area (Å²) in [5.74, 6) is 1.49. The molecule has 1 heterocycles. The second-order valence-electron chi connectivity index (χ2n) is 7.91. The molecule has 2 aromatic carbocycles. The highest BCUT2D eigenvalue weighted by molar-refractivity contribution is 5.97. The first-order chi connectivity index (χ1) is 15.0. The number of nitrogens with one attached hydrogen (secondary N) is 2. The van der Waals surface area contributed by atoms with Gasteiger partial charge in [0.15, 0.2) is 5.82 Å². The van der Waals surface area contributed by atoms with Crippen LogP contribution in [0.15, 0.2) is 66.7 Å². The van der Waals surface area contributed by atoms with Crippen LogP contribution in [0.2, 0.25) is 0 Å². The molecular formula is C25H27FN4O. The van der Waals surface area contributed by atoms with Crippen molar-refractivity contribution in [1.29, 1.82) is 0 Å². The molecule has 2 N–H and O–H groups in total. The van der Waals surface area contributed by atoms with Crippen molar-refractivity contribution in [2.24, 2.45) is 5.92 Å². The number of rotatable bonds is 8. The van der Waals surface area contributed by atoms with Gasteiger partial charge in [0.05, 0.1) is 5.69 Å². The Morgan fingerprint density at radius 2 is 1.84 bits per heavy atom. The van der Waals surface area contributed by atoms with Crippen molar-refractivity contribution in [3.8, 4) is 0 Å². The van der Waals surface area contributed by atoms with Gasteiger partial charge in [-0.1, -0.05) is 42.5 Å². The molecule has 0 aliphatic heterocycles. The molecule has 4 rings (SSSR count). The van der Waals surface area contributed by atoms with E-state index < -0.39 is 0 Å². The number of hydrogen-bond acceptors (Lipinski definition) is 4. The maximum absolute atomic E-state index is 13.1. The number of anilines is 3. The second kappa shape index (κ2) is 9.16. The zero-order valence-corrected chi connectivity index (χ0v) is 17.8. The van der Waals surface area contributed by atoms with Crippen LogP contribution in [-0.2, 0) is 11.3 Å². The van der Waals surface area contributed by atoms with Crippen molar-refractivity contribution in [3.05, 3.63) is 83.7 Å². The second-order valence-corrected chi connectivity index (χ2v) is 7.91. The Kier molecular flexibility index (Phi) is 6.16. The van der Waals surface area contributed by atoms with Crippen LogP contribution in [0.4, 0.5) is 21.7 Å². The van der Waals surface area contributed by atoms with Crippen LogP contribution >= 0.6 is 0 Å². The van der Waals surface area contributed by atoms with E-state index in [2.05, 4.69) is 22.8 Å². The Balaban J connectivity index is 1.44. The lowest BCUT2D eigenvalue weighted by Crippen LogP contribution is -2.22. The third kappa shape index (κ3) is 5.02. The summed E-state index contributed by atoms with van der Waals surface area (Å²) in [5.41, 5.74) is 2.89. The normalized spacial score (nSPS) is 17.1. The minimum Gasteiger partial charge on any atom is -0.366 e.